The Morgan fingerprint density at radius 1 is 1.36 bits per heavy atom. The summed E-state index contributed by atoms with van der Waals surface area (Å²) in [4.78, 5) is 16.5. The van der Waals surface area contributed by atoms with Gasteiger partial charge in [-0.2, -0.15) is 5.26 Å². The number of aliphatic hydroxyl groups excluding tert-OH is 1. The molecule has 0 fully saturated rings. The van der Waals surface area contributed by atoms with Crippen molar-refractivity contribution in [2.75, 3.05) is 5.32 Å². The summed E-state index contributed by atoms with van der Waals surface area (Å²) >= 11 is 5.97. The number of hydrogen-bond donors (Lipinski definition) is 3. The van der Waals surface area contributed by atoms with E-state index in [-0.39, 0.29) is 23.0 Å². The summed E-state index contributed by atoms with van der Waals surface area (Å²) in [6.45, 7) is 2.91. The number of nitrogens with one attached hydrogen (secondary N) is 1. The molecule has 1 atom stereocenters. The molecule has 9 heteroatoms. The second-order valence-corrected chi connectivity index (χ2v) is 7.44. The SMILES string of the molecule is Cn1c(=O)n(CC(O)C(C)(C)O)c2cc(Nc3ccnc(Cl)c3C#N)ccc21. The molecule has 0 spiro atoms. The van der Waals surface area contributed by atoms with Gasteiger partial charge in [-0.1, -0.05) is 11.6 Å². The average molecular weight is 402 g/mol. The molecule has 0 aliphatic carbocycles. The molecule has 2 heterocycles. The lowest BCUT2D eigenvalue weighted by Crippen LogP contribution is -2.41. The van der Waals surface area contributed by atoms with E-state index in [0.717, 1.165) is 0 Å². The van der Waals surface area contributed by atoms with E-state index < -0.39 is 11.7 Å². The van der Waals surface area contributed by atoms with Gasteiger partial charge in [0, 0.05) is 18.9 Å². The molecule has 3 rings (SSSR count). The van der Waals surface area contributed by atoms with Gasteiger partial charge in [0.1, 0.15) is 22.9 Å². The predicted molar refractivity (Wildman–Crippen MR) is 107 cm³/mol. The summed E-state index contributed by atoms with van der Waals surface area (Å²) in [6, 6.07) is 8.92. The van der Waals surface area contributed by atoms with E-state index in [1.54, 1.807) is 31.3 Å². The van der Waals surface area contributed by atoms with E-state index >= 15 is 0 Å². The number of aromatic nitrogens is 3. The zero-order valence-electron chi connectivity index (χ0n) is 15.6. The number of anilines is 2. The number of nitrogens with zero attached hydrogens (tertiary/aromatic N) is 4. The Labute approximate surface area is 166 Å². The van der Waals surface area contributed by atoms with Crippen LogP contribution in [0.25, 0.3) is 11.0 Å². The van der Waals surface area contributed by atoms with Crippen molar-refractivity contribution in [3.05, 3.63) is 51.7 Å². The average Bonchev–Trinajstić information content (AvgIpc) is 2.86. The Morgan fingerprint density at radius 2 is 2.07 bits per heavy atom. The fourth-order valence-electron chi connectivity index (χ4n) is 2.86. The molecule has 3 aromatic rings. The van der Waals surface area contributed by atoms with Gasteiger partial charge in [0.05, 0.1) is 28.9 Å². The van der Waals surface area contributed by atoms with Crippen LogP contribution in [0, 0.1) is 11.3 Å². The number of aryl methyl sites for hydroxylation is 1. The minimum Gasteiger partial charge on any atom is -0.388 e. The summed E-state index contributed by atoms with van der Waals surface area (Å²) in [5.41, 5.74) is 0.928. The van der Waals surface area contributed by atoms with Crippen molar-refractivity contribution in [2.45, 2.75) is 32.1 Å². The number of fused-ring (bicyclic) bond motifs is 1. The fraction of sp³-hybridized carbons (Fsp3) is 0.316. The number of hydrogen-bond acceptors (Lipinski definition) is 6. The van der Waals surface area contributed by atoms with Gasteiger partial charge in [-0.15, -0.1) is 0 Å². The van der Waals surface area contributed by atoms with Crippen LogP contribution < -0.4 is 11.0 Å². The molecule has 0 bridgehead atoms. The molecule has 0 aliphatic rings. The first-order chi connectivity index (χ1) is 13.1. The number of nitriles is 1. The quantitative estimate of drug-likeness (QED) is 0.564. The molecule has 0 radical (unpaired) electrons. The van der Waals surface area contributed by atoms with Crippen LogP contribution in [0.5, 0.6) is 0 Å². The molecule has 146 valence electrons. The van der Waals surface area contributed by atoms with Crippen LogP contribution in [-0.4, -0.2) is 36.0 Å². The summed E-state index contributed by atoms with van der Waals surface area (Å²) < 4.78 is 2.88. The van der Waals surface area contributed by atoms with E-state index in [4.69, 9.17) is 11.6 Å². The van der Waals surface area contributed by atoms with Crippen molar-refractivity contribution >= 4 is 34.0 Å². The molecular formula is C19H20ClN5O3. The molecule has 0 aliphatic heterocycles. The van der Waals surface area contributed by atoms with Crippen molar-refractivity contribution in [3.63, 3.8) is 0 Å². The van der Waals surface area contributed by atoms with E-state index in [1.807, 2.05) is 6.07 Å². The van der Waals surface area contributed by atoms with E-state index in [9.17, 15) is 20.3 Å². The van der Waals surface area contributed by atoms with Gasteiger partial charge < -0.3 is 15.5 Å². The lowest BCUT2D eigenvalue weighted by atomic mass is 10.0. The van der Waals surface area contributed by atoms with Crippen molar-refractivity contribution in [3.8, 4) is 6.07 Å². The first-order valence-corrected chi connectivity index (χ1v) is 8.92. The largest absolute Gasteiger partial charge is 0.388 e. The standard InChI is InChI=1S/C19H20ClN5O3/c1-19(2,28)16(26)10-25-15-8-11(4-5-14(15)24(3)18(25)27)23-13-6-7-22-17(20)12(13)9-21/h4-8,16,26,28H,10H2,1-3H3,(H,22,23). The van der Waals surface area contributed by atoms with Crippen LogP contribution in [-0.2, 0) is 13.6 Å². The normalized spacial score (nSPS) is 12.8. The minimum absolute atomic E-state index is 0.0618. The minimum atomic E-state index is -1.35. The van der Waals surface area contributed by atoms with Crippen molar-refractivity contribution in [2.24, 2.45) is 7.05 Å². The van der Waals surface area contributed by atoms with Crippen LogP contribution in [0.3, 0.4) is 0 Å². The lowest BCUT2D eigenvalue weighted by molar-refractivity contribution is -0.0551. The van der Waals surface area contributed by atoms with Gasteiger partial charge in [0.15, 0.2) is 0 Å². The molecule has 0 saturated carbocycles. The van der Waals surface area contributed by atoms with E-state index in [2.05, 4.69) is 10.3 Å². The van der Waals surface area contributed by atoms with Crippen LogP contribution in [0.4, 0.5) is 11.4 Å². The maximum atomic E-state index is 12.6. The number of aliphatic hydroxyl groups is 2. The first-order valence-electron chi connectivity index (χ1n) is 8.55. The number of benzene rings is 1. The van der Waals surface area contributed by atoms with Crippen LogP contribution in [0.1, 0.15) is 19.4 Å². The highest BCUT2D eigenvalue weighted by molar-refractivity contribution is 6.31. The topological polar surface area (TPSA) is 116 Å². The van der Waals surface area contributed by atoms with Gasteiger partial charge >= 0.3 is 5.69 Å². The van der Waals surface area contributed by atoms with Crippen LogP contribution in [0.2, 0.25) is 5.15 Å². The van der Waals surface area contributed by atoms with Crippen LogP contribution in [0.15, 0.2) is 35.3 Å². The Balaban J connectivity index is 2.06. The Bertz CT molecular complexity index is 1140. The summed E-state index contributed by atoms with van der Waals surface area (Å²) in [5, 5.41) is 32.8. The third kappa shape index (κ3) is 3.60. The number of halogens is 1. The van der Waals surface area contributed by atoms with Crippen molar-refractivity contribution < 1.29 is 10.2 Å². The van der Waals surface area contributed by atoms with Gasteiger partial charge in [0.25, 0.3) is 0 Å². The summed E-state index contributed by atoms with van der Waals surface area (Å²) in [5.74, 6) is 0. The monoisotopic (exact) mass is 401 g/mol. The zero-order chi connectivity index (χ0) is 20.6. The summed E-state index contributed by atoms with van der Waals surface area (Å²) in [6.07, 6.45) is 0.360. The molecule has 1 aromatic carbocycles. The highest BCUT2D eigenvalue weighted by Crippen LogP contribution is 2.27. The van der Waals surface area contributed by atoms with Gasteiger partial charge in [-0.3, -0.25) is 9.13 Å². The maximum Gasteiger partial charge on any atom is 0.328 e. The third-order valence-electron chi connectivity index (χ3n) is 4.61. The molecule has 1 unspecified atom stereocenters. The van der Waals surface area contributed by atoms with E-state index in [0.29, 0.717) is 22.4 Å². The molecular weight excluding hydrogens is 382 g/mol. The summed E-state index contributed by atoms with van der Waals surface area (Å²) in [7, 11) is 1.64. The van der Waals surface area contributed by atoms with Crippen molar-refractivity contribution in [1.29, 1.82) is 5.26 Å². The zero-order valence-corrected chi connectivity index (χ0v) is 16.4. The van der Waals surface area contributed by atoms with Crippen LogP contribution >= 0.6 is 11.6 Å². The lowest BCUT2D eigenvalue weighted by Gasteiger charge is -2.24. The predicted octanol–water partition coefficient (Wildman–Crippen LogP) is 2.14. The Morgan fingerprint density at radius 3 is 2.71 bits per heavy atom. The highest BCUT2D eigenvalue weighted by Gasteiger charge is 2.26. The third-order valence-corrected chi connectivity index (χ3v) is 4.90. The molecule has 8 nitrogen and oxygen atoms in total. The number of rotatable bonds is 5. The van der Waals surface area contributed by atoms with Crippen molar-refractivity contribution in [1.82, 2.24) is 14.1 Å². The second-order valence-electron chi connectivity index (χ2n) is 7.09. The first kappa shape index (κ1) is 19.9. The number of pyridine rings is 1. The maximum absolute atomic E-state index is 12.6. The van der Waals surface area contributed by atoms with Gasteiger partial charge in [0.2, 0.25) is 0 Å². The molecule has 2 aromatic heterocycles. The molecule has 3 N–H and O–H groups in total. The fourth-order valence-corrected chi connectivity index (χ4v) is 3.06. The Kier molecular flexibility index (Phi) is 5.17. The van der Waals surface area contributed by atoms with Gasteiger partial charge in [-0.05, 0) is 38.1 Å². The Hall–Kier alpha value is -2.86. The molecule has 28 heavy (non-hydrogen) atoms. The smallest absolute Gasteiger partial charge is 0.328 e. The number of imidazole rings is 1. The molecule has 0 saturated heterocycles. The van der Waals surface area contributed by atoms with Gasteiger partial charge in [-0.25, -0.2) is 9.78 Å². The second kappa shape index (κ2) is 7.28. The highest BCUT2D eigenvalue weighted by atomic mass is 35.5. The molecule has 0 amide bonds. The van der Waals surface area contributed by atoms with E-state index in [1.165, 1.54) is 29.2 Å².